The summed E-state index contributed by atoms with van der Waals surface area (Å²) in [5.41, 5.74) is 0. The maximum absolute atomic E-state index is 10.1. The molecule has 0 aromatic heterocycles. The molecule has 0 aromatic rings. The van der Waals surface area contributed by atoms with Gasteiger partial charge in [-0.15, -0.1) is 0 Å². The summed E-state index contributed by atoms with van der Waals surface area (Å²) < 4.78 is 0. The molecule has 12 unspecified atom stereocenters. The summed E-state index contributed by atoms with van der Waals surface area (Å²) in [5, 5.41) is 154. The van der Waals surface area contributed by atoms with Crippen molar-refractivity contribution < 1.29 is 155 Å². The zero-order valence-electron chi connectivity index (χ0n) is 21.1. The van der Waals surface area contributed by atoms with E-state index in [-0.39, 0.29) is 34.1 Å². The molecule has 0 spiro atoms. The molecule has 26 heteroatoms. The molecule has 0 radical (unpaired) electrons. The summed E-state index contributed by atoms with van der Waals surface area (Å²) in [6.07, 6.45) is -27.8. The summed E-state index contributed by atoms with van der Waals surface area (Å²) in [5.74, 6) is -11.0. The maximum atomic E-state index is 10.1. The van der Waals surface area contributed by atoms with Crippen LogP contribution in [0.1, 0.15) is 0 Å². The molecular weight excluding hydrogens is 712 g/mol. The van der Waals surface area contributed by atoms with Gasteiger partial charge in [-0.05, 0) is 0 Å². The van der Waals surface area contributed by atoms with Crippen molar-refractivity contribution >= 4 is 35.8 Å². The summed E-state index contributed by atoms with van der Waals surface area (Å²) >= 11 is 0. The number of aliphatic carboxylic acids is 6. The van der Waals surface area contributed by atoms with Gasteiger partial charge in [-0.3, -0.25) is 0 Å². The van der Waals surface area contributed by atoms with Crippen molar-refractivity contribution in [3.05, 3.63) is 0 Å². The Balaban J connectivity index is -0.000000169. The number of aliphatic hydroxyl groups excluding tert-OH is 12. The largest absolute Gasteiger partial charge is 0.479 e. The van der Waals surface area contributed by atoms with Crippen LogP contribution in [0.5, 0.6) is 0 Å². The van der Waals surface area contributed by atoms with Crippen LogP contribution in [0.25, 0.3) is 0 Å². The first-order chi connectivity index (χ1) is 18.9. The van der Waals surface area contributed by atoms with Crippen LogP contribution in [0.3, 0.4) is 0 Å². The van der Waals surface area contributed by atoms with Crippen LogP contribution in [0.2, 0.25) is 0 Å². The van der Waals surface area contributed by atoms with Crippen LogP contribution in [0, 0.1) is 0 Å². The Hall–Kier alpha value is -2.62. The molecule has 262 valence electrons. The Labute approximate surface area is 263 Å². The van der Waals surface area contributed by atoms with Crippen LogP contribution in [-0.2, 0) is 62.9 Å². The summed E-state index contributed by atoms with van der Waals surface area (Å²) in [6.45, 7) is 0. The topological polar surface area (TPSA) is 467 Å². The minimum atomic E-state index is -2.36. The number of carboxylic acid groups (broad SMARTS) is 6. The van der Waals surface area contributed by atoms with Crippen molar-refractivity contribution in [2.75, 3.05) is 0 Å². The third kappa shape index (κ3) is 17.6. The number of carboxylic acids is 6. The van der Waals surface area contributed by atoms with Gasteiger partial charge in [-0.2, -0.15) is 0 Å². The van der Waals surface area contributed by atoms with Gasteiger partial charge in [0, 0.05) is 34.1 Å². The van der Waals surface area contributed by atoms with Crippen LogP contribution in [-0.4, -0.2) is 201 Å². The third-order valence-electron chi connectivity index (χ3n) is 4.51. The zero-order valence-corrected chi connectivity index (χ0v) is 23.3. The normalized spacial score (nSPS) is 18.5. The third-order valence-corrected chi connectivity index (χ3v) is 4.51. The molecule has 0 rings (SSSR count). The summed E-state index contributed by atoms with van der Waals surface area (Å²) in [7, 11) is 0. The van der Waals surface area contributed by atoms with Crippen LogP contribution >= 0.6 is 0 Å². The number of rotatable bonds is 15. The Morgan fingerprint density at radius 2 is 0.318 bits per heavy atom. The number of aliphatic hydroxyl groups is 12. The summed E-state index contributed by atoms with van der Waals surface area (Å²) in [4.78, 5) is 60.5. The number of carbonyl (C=O) groups is 6. The van der Waals surface area contributed by atoms with Gasteiger partial charge in [-0.1, -0.05) is 0 Å². The molecule has 0 saturated heterocycles. The van der Waals surface area contributed by atoms with Crippen molar-refractivity contribution in [1.82, 2.24) is 0 Å². The molecular formula is C18H30Fe2O24. The molecule has 24 nitrogen and oxygen atoms in total. The van der Waals surface area contributed by atoms with Gasteiger partial charge in [-0.25, -0.2) is 28.8 Å². The van der Waals surface area contributed by atoms with E-state index in [9.17, 15) is 28.8 Å². The minimum absolute atomic E-state index is 0. The SMILES string of the molecule is O=C(O)C(O)C(O)C(O)C(O)C(=O)O.O=C(O)C(O)C(O)C(O)C(O)C(=O)O.O=C(O)C(O)C(O)C(O)C(O)C(=O)O.[Fe].[Fe]. The van der Waals surface area contributed by atoms with E-state index in [1.165, 1.54) is 0 Å². The van der Waals surface area contributed by atoms with E-state index in [1.54, 1.807) is 0 Å². The molecule has 18 N–H and O–H groups in total. The Morgan fingerprint density at radius 1 is 0.250 bits per heavy atom. The van der Waals surface area contributed by atoms with E-state index in [0.717, 1.165) is 0 Å². The standard InChI is InChI=1S/3C6H10O8.2Fe/c3*7-1(3(9)5(11)12)2(8)4(10)6(13)14;;/h3*1-4,7-10H,(H,11,12)(H,13,14);;. The number of hydrogen-bond acceptors (Lipinski definition) is 18. The minimum Gasteiger partial charge on any atom is -0.479 e. The smallest absolute Gasteiger partial charge is 0.335 e. The van der Waals surface area contributed by atoms with Gasteiger partial charge in [0.2, 0.25) is 0 Å². The molecule has 12 atom stereocenters. The van der Waals surface area contributed by atoms with E-state index in [1.807, 2.05) is 0 Å². The van der Waals surface area contributed by atoms with Crippen molar-refractivity contribution in [1.29, 1.82) is 0 Å². The van der Waals surface area contributed by atoms with Gasteiger partial charge in [0.1, 0.15) is 36.6 Å². The van der Waals surface area contributed by atoms with E-state index >= 15 is 0 Å². The molecule has 0 fully saturated rings. The molecule has 0 heterocycles. The fraction of sp³-hybridized carbons (Fsp3) is 0.667. The fourth-order valence-electron chi connectivity index (χ4n) is 2.00. The van der Waals surface area contributed by atoms with Gasteiger partial charge < -0.3 is 91.9 Å². The monoisotopic (exact) mass is 742 g/mol. The van der Waals surface area contributed by atoms with Crippen LogP contribution in [0.4, 0.5) is 0 Å². The molecule has 0 bridgehead atoms. The van der Waals surface area contributed by atoms with Gasteiger partial charge in [0.25, 0.3) is 0 Å². The molecule has 0 aromatic carbocycles. The summed E-state index contributed by atoms with van der Waals surface area (Å²) in [6, 6.07) is 0. The quantitative estimate of drug-likeness (QED) is 0.0692. The molecule has 44 heavy (non-hydrogen) atoms. The Morgan fingerprint density at radius 3 is 0.364 bits per heavy atom. The zero-order chi connectivity index (χ0) is 34.4. The van der Waals surface area contributed by atoms with Crippen LogP contribution < -0.4 is 0 Å². The maximum Gasteiger partial charge on any atom is 0.335 e. The first-order valence-corrected chi connectivity index (χ1v) is 10.4. The van der Waals surface area contributed by atoms with Crippen molar-refractivity contribution in [3.8, 4) is 0 Å². The van der Waals surface area contributed by atoms with Crippen molar-refractivity contribution in [2.45, 2.75) is 73.2 Å². The molecule has 0 aliphatic carbocycles. The molecule has 0 saturated carbocycles. The molecule has 0 aliphatic rings. The van der Waals surface area contributed by atoms with Gasteiger partial charge >= 0.3 is 35.8 Å². The van der Waals surface area contributed by atoms with Gasteiger partial charge in [0.05, 0.1) is 0 Å². The van der Waals surface area contributed by atoms with Crippen molar-refractivity contribution in [2.24, 2.45) is 0 Å². The second kappa shape index (κ2) is 23.7. The second-order valence-corrected chi connectivity index (χ2v) is 7.64. The predicted octanol–water partition coefficient (Wildman–Crippen LogP) is -10.2. The average Bonchev–Trinajstić information content (AvgIpc) is 2.92. The Bertz CT molecular complexity index is 731. The molecule has 0 aliphatic heterocycles. The van der Waals surface area contributed by atoms with Crippen LogP contribution in [0.15, 0.2) is 0 Å². The van der Waals surface area contributed by atoms with E-state index in [4.69, 9.17) is 91.9 Å². The number of hydrogen-bond donors (Lipinski definition) is 18. The van der Waals surface area contributed by atoms with E-state index in [2.05, 4.69) is 0 Å². The first kappa shape index (κ1) is 51.0. The predicted molar refractivity (Wildman–Crippen MR) is 118 cm³/mol. The molecule has 0 amide bonds. The Kier molecular flexibility index (Phi) is 27.5. The van der Waals surface area contributed by atoms with E-state index < -0.39 is 109 Å². The van der Waals surface area contributed by atoms with E-state index in [0.29, 0.717) is 0 Å². The van der Waals surface area contributed by atoms with Gasteiger partial charge in [0.15, 0.2) is 36.6 Å². The first-order valence-electron chi connectivity index (χ1n) is 10.4. The average molecular weight is 742 g/mol. The van der Waals surface area contributed by atoms with Crippen molar-refractivity contribution in [3.63, 3.8) is 0 Å². The second-order valence-electron chi connectivity index (χ2n) is 7.64. The fourth-order valence-corrected chi connectivity index (χ4v) is 2.00.